The highest BCUT2D eigenvalue weighted by Gasteiger charge is 2.46. The number of ether oxygens (including phenoxy) is 1. The molecule has 0 aliphatic heterocycles. The van der Waals surface area contributed by atoms with E-state index in [1.165, 1.54) is 7.11 Å². The fourth-order valence-corrected chi connectivity index (χ4v) is 4.21. The van der Waals surface area contributed by atoms with E-state index in [2.05, 4.69) is 0 Å². The number of nitrogens with zero attached hydrogens (tertiary/aromatic N) is 1. The highest BCUT2D eigenvalue weighted by molar-refractivity contribution is 6.02. The molecule has 0 fully saturated rings. The lowest BCUT2D eigenvalue weighted by Gasteiger charge is -2.21. The molecule has 1 atom stereocenters. The topological polar surface area (TPSA) is 31.2 Å². The van der Waals surface area contributed by atoms with Crippen LogP contribution in [-0.4, -0.2) is 23.6 Å². The number of aromatic nitrogens is 1. The summed E-state index contributed by atoms with van der Waals surface area (Å²) < 4.78 is 48.8. The zero-order chi connectivity index (χ0) is 22.9. The van der Waals surface area contributed by atoms with E-state index in [0.717, 1.165) is 11.1 Å². The van der Waals surface area contributed by atoms with Gasteiger partial charge in [-0.3, -0.25) is 4.79 Å². The van der Waals surface area contributed by atoms with Gasteiger partial charge in [0, 0.05) is 18.1 Å². The van der Waals surface area contributed by atoms with Crippen LogP contribution >= 0.6 is 0 Å². The third-order valence-electron chi connectivity index (χ3n) is 5.53. The Balaban J connectivity index is 2.15. The van der Waals surface area contributed by atoms with Crippen LogP contribution in [0.1, 0.15) is 22.6 Å². The lowest BCUT2D eigenvalue weighted by Crippen LogP contribution is -2.30. The highest BCUT2D eigenvalue weighted by atomic mass is 19.4. The molecule has 3 aromatic carbocycles. The number of rotatable bonds is 6. The van der Waals surface area contributed by atoms with E-state index in [0.29, 0.717) is 27.8 Å². The number of carbonyl (C=O) groups is 1. The zero-order valence-electron chi connectivity index (χ0n) is 17.7. The Labute approximate surface area is 184 Å². The standard InChI is InChI=1S/C26H22F3NO2/c1-17-13-14-20-21(15-17)30(16-32-2)24(19-11-7-4-8-12-19)23(20)22(25(31)26(27,28)29)18-9-5-3-6-10-18/h3-15,22H,16H2,1-2H3. The van der Waals surface area contributed by atoms with Crippen LogP contribution in [0.3, 0.4) is 0 Å². The number of carbonyl (C=O) groups excluding carboxylic acids is 1. The normalized spacial score (nSPS) is 12.8. The minimum atomic E-state index is -4.99. The van der Waals surface area contributed by atoms with Crippen molar-refractivity contribution in [2.45, 2.75) is 25.7 Å². The monoisotopic (exact) mass is 437 g/mol. The fraction of sp³-hybridized carbons (Fsp3) is 0.192. The number of alkyl halides is 3. The third kappa shape index (κ3) is 3.94. The average Bonchev–Trinajstić information content (AvgIpc) is 3.08. The van der Waals surface area contributed by atoms with Gasteiger partial charge in [0.15, 0.2) is 0 Å². The Kier molecular flexibility index (Phi) is 5.89. The molecule has 4 aromatic rings. The molecule has 1 unspecified atom stereocenters. The second kappa shape index (κ2) is 8.63. The number of ketones is 1. The molecule has 0 bridgehead atoms. The summed E-state index contributed by atoms with van der Waals surface area (Å²) in [7, 11) is 1.53. The van der Waals surface area contributed by atoms with Crippen molar-refractivity contribution >= 4 is 16.7 Å². The van der Waals surface area contributed by atoms with Gasteiger partial charge in [-0.15, -0.1) is 0 Å². The quantitative estimate of drug-likeness (QED) is 0.346. The van der Waals surface area contributed by atoms with Gasteiger partial charge >= 0.3 is 6.18 Å². The van der Waals surface area contributed by atoms with Crippen molar-refractivity contribution in [2.75, 3.05) is 7.11 Å². The minimum absolute atomic E-state index is 0.131. The first kappa shape index (κ1) is 21.8. The number of aryl methyl sites for hydroxylation is 1. The molecule has 0 saturated heterocycles. The first-order valence-electron chi connectivity index (χ1n) is 10.2. The average molecular weight is 437 g/mol. The van der Waals surface area contributed by atoms with Crippen molar-refractivity contribution in [2.24, 2.45) is 0 Å². The van der Waals surface area contributed by atoms with E-state index in [-0.39, 0.29) is 6.73 Å². The van der Waals surface area contributed by atoms with Crippen molar-refractivity contribution in [1.82, 2.24) is 4.57 Å². The van der Waals surface area contributed by atoms with Crippen LogP contribution in [0.25, 0.3) is 22.2 Å². The van der Waals surface area contributed by atoms with Gasteiger partial charge in [0.25, 0.3) is 0 Å². The van der Waals surface area contributed by atoms with Gasteiger partial charge in [-0.25, -0.2) is 0 Å². The van der Waals surface area contributed by atoms with E-state index in [9.17, 15) is 18.0 Å². The molecule has 0 aliphatic rings. The second-order valence-electron chi connectivity index (χ2n) is 7.70. The Bertz CT molecular complexity index is 1250. The van der Waals surface area contributed by atoms with Gasteiger partial charge in [0.2, 0.25) is 5.78 Å². The number of fused-ring (bicyclic) bond motifs is 1. The van der Waals surface area contributed by atoms with Crippen molar-refractivity contribution in [3.05, 3.63) is 95.6 Å². The maximum Gasteiger partial charge on any atom is 0.450 e. The van der Waals surface area contributed by atoms with Gasteiger partial charge in [-0.1, -0.05) is 72.8 Å². The smallest absolute Gasteiger partial charge is 0.364 e. The lowest BCUT2D eigenvalue weighted by atomic mass is 9.84. The molecule has 0 spiro atoms. The Morgan fingerprint density at radius 1 is 0.969 bits per heavy atom. The van der Waals surface area contributed by atoms with Crippen LogP contribution < -0.4 is 0 Å². The highest BCUT2D eigenvalue weighted by Crippen LogP contribution is 2.44. The molecule has 3 nitrogen and oxygen atoms in total. The lowest BCUT2D eigenvalue weighted by molar-refractivity contribution is -0.171. The number of benzene rings is 3. The van der Waals surface area contributed by atoms with Crippen LogP contribution in [0.5, 0.6) is 0 Å². The number of halogens is 3. The molecule has 0 radical (unpaired) electrons. The Hall–Kier alpha value is -3.38. The molecule has 0 amide bonds. The van der Waals surface area contributed by atoms with E-state index in [1.807, 2.05) is 54.0 Å². The number of hydrogen-bond donors (Lipinski definition) is 0. The first-order chi connectivity index (χ1) is 15.3. The number of hydrogen-bond acceptors (Lipinski definition) is 2. The molecular weight excluding hydrogens is 415 g/mol. The molecule has 4 rings (SSSR count). The summed E-state index contributed by atoms with van der Waals surface area (Å²) in [4.78, 5) is 12.9. The summed E-state index contributed by atoms with van der Waals surface area (Å²) in [6.07, 6.45) is -4.99. The Morgan fingerprint density at radius 3 is 2.19 bits per heavy atom. The van der Waals surface area contributed by atoms with E-state index in [4.69, 9.17) is 4.74 Å². The second-order valence-corrected chi connectivity index (χ2v) is 7.70. The summed E-state index contributed by atoms with van der Waals surface area (Å²) in [5, 5.41) is 0.595. The summed E-state index contributed by atoms with van der Waals surface area (Å²) in [5.74, 6) is -3.30. The van der Waals surface area contributed by atoms with Gasteiger partial charge in [-0.2, -0.15) is 13.2 Å². The van der Waals surface area contributed by atoms with Crippen molar-refractivity contribution in [3.63, 3.8) is 0 Å². The van der Waals surface area contributed by atoms with Gasteiger partial charge < -0.3 is 9.30 Å². The molecule has 0 saturated carbocycles. The predicted octanol–water partition coefficient (Wildman–Crippen LogP) is 6.48. The summed E-state index contributed by atoms with van der Waals surface area (Å²) in [6, 6.07) is 22.8. The van der Waals surface area contributed by atoms with Crippen molar-refractivity contribution in [1.29, 1.82) is 0 Å². The molecule has 0 aliphatic carbocycles. The number of Topliss-reactive ketones (excluding diaryl/α,β-unsaturated/α-hetero) is 1. The summed E-state index contributed by atoms with van der Waals surface area (Å²) >= 11 is 0. The van der Waals surface area contributed by atoms with Crippen LogP contribution in [-0.2, 0) is 16.3 Å². The fourth-order valence-electron chi connectivity index (χ4n) is 4.21. The summed E-state index contributed by atoms with van der Waals surface area (Å²) in [6.45, 7) is 2.05. The van der Waals surface area contributed by atoms with Gasteiger partial charge in [-0.05, 0) is 29.7 Å². The zero-order valence-corrected chi connectivity index (χ0v) is 17.7. The van der Waals surface area contributed by atoms with E-state index < -0.39 is 17.9 Å². The number of methoxy groups -OCH3 is 1. The molecule has 32 heavy (non-hydrogen) atoms. The van der Waals surface area contributed by atoms with Crippen molar-refractivity contribution in [3.8, 4) is 11.3 Å². The van der Waals surface area contributed by atoms with Gasteiger partial charge in [0.05, 0.1) is 17.1 Å². The van der Waals surface area contributed by atoms with Crippen LogP contribution in [0.4, 0.5) is 13.2 Å². The largest absolute Gasteiger partial charge is 0.450 e. The van der Waals surface area contributed by atoms with Gasteiger partial charge in [0.1, 0.15) is 6.73 Å². The molecule has 164 valence electrons. The molecule has 6 heteroatoms. The van der Waals surface area contributed by atoms with Crippen molar-refractivity contribution < 1.29 is 22.7 Å². The summed E-state index contributed by atoms with van der Waals surface area (Å²) in [5.41, 5.74) is 3.55. The molecule has 1 aromatic heterocycles. The maximum absolute atomic E-state index is 13.8. The SMILES string of the molecule is COCn1c(-c2ccccc2)c(C(C(=O)C(F)(F)F)c2ccccc2)c2ccc(C)cc21. The Morgan fingerprint density at radius 2 is 1.59 bits per heavy atom. The van der Waals surface area contributed by atoms with Crippen LogP contribution in [0.2, 0.25) is 0 Å². The third-order valence-corrected chi connectivity index (χ3v) is 5.53. The van der Waals surface area contributed by atoms with Crippen LogP contribution in [0, 0.1) is 6.92 Å². The molecular formula is C26H22F3NO2. The molecule has 1 heterocycles. The maximum atomic E-state index is 13.8. The van der Waals surface area contributed by atoms with Crippen LogP contribution in [0.15, 0.2) is 78.9 Å². The first-order valence-corrected chi connectivity index (χ1v) is 10.2. The predicted molar refractivity (Wildman–Crippen MR) is 118 cm³/mol. The van der Waals surface area contributed by atoms with E-state index in [1.54, 1.807) is 36.4 Å². The minimum Gasteiger partial charge on any atom is -0.364 e. The van der Waals surface area contributed by atoms with E-state index >= 15 is 0 Å². The molecule has 0 N–H and O–H groups in total.